The minimum Gasteiger partial charge on any atom is -0.325 e. The van der Waals surface area contributed by atoms with Gasteiger partial charge >= 0.3 is 0 Å². The first-order chi connectivity index (χ1) is 12.3. The van der Waals surface area contributed by atoms with Gasteiger partial charge in [0.25, 0.3) is 0 Å². The van der Waals surface area contributed by atoms with Gasteiger partial charge in [-0.25, -0.2) is 0 Å². The summed E-state index contributed by atoms with van der Waals surface area (Å²) in [6, 6.07) is 25.4. The fraction of sp³-hybridized carbons (Fsp3) is 0.0476. The molecule has 0 fully saturated rings. The molecule has 0 unspecified atom stereocenters. The van der Waals surface area contributed by atoms with Gasteiger partial charge in [0.2, 0.25) is 5.91 Å². The smallest absolute Gasteiger partial charge is 0.236 e. The number of nitrogens with zero attached hydrogens (tertiary/aromatic N) is 1. The van der Waals surface area contributed by atoms with Crippen molar-refractivity contribution in [2.24, 2.45) is 0 Å². The Balaban J connectivity index is 1.68. The molecule has 4 aromatic rings. The van der Waals surface area contributed by atoms with Crippen LogP contribution in [0.4, 0.5) is 5.69 Å². The Morgan fingerprint density at radius 1 is 0.880 bits per heavy atom. The number of fused-ring (bicyclic) bond motifs is 1. The van der Waals surface area contributed by atoms with E-state index in [9.17, 15) is 4.79 Å². The fourth-order valence-corrected chi connectivity index (χ4v) is 3.02. The van der Waals surface area contributed by atoms with Gasteiger partial charge in [-0.05, 0) is 29.3 Å². The second-order valence-corrected chi connectivity index (χ2v) is 5.92. The van der Waals surface area contributed by atoms with Crippen molar-refractivity contribution >= 4 is 22.5 Å². The van der Waals surface area contributed by atoms with E-state index >= 15 is 0 Å². The van der Waals surface area contributed by atoms with Crippen molar-refractivity contribution in [1.82, 2.24) is 10.2 Å². The van der Waals surface area contributed by atoms with Gasteiger partial charge < -0.3 is 5.32 Å². The Bertz CT molecular complexity index is 954. The molecule has 0 bridgehead atoms. The molecule has 4 rings (SSSR count). The number of nitrogens with one attached hydrogen (secondary N) is 2. The highest BCUT2D eigenvalue weighted by atomic mass is 16.1. The second-order valence-electron chi connectivity index (χ2n) is 5.92. The van der Waals surface area contributed by atoms with Crippen molar-refractivity contribution in [3.63, 3.8) is 0 Å². The molecule has 0 aliphatic carbocycles. The van der Waals surface area contributed by atoms with Crippen molar-refractivity contribution in [2.75, 3.05) is 5.32 Å². The first-order valence-electron chi connectivity index (χ1n) is 8.15. The summed E-state index contributed by atoms with van der Waals surface area (Å²) >= 11 is 0. The Morgan fingerprint density at radius 3 is 2.16 bits per heavy atom. The monoisotopic (exact) mass is 327 g/mol. The first kappa shape index (κ1) is 15.1. The lowest BCUT2D eigenvalue weighted by atomic mass is 9.90. The van der Waals surface area contributed by atoms with E-state index < -0.39 is 0 Å². The fourth-order valence-electron chi connectivity index (χ4n) is 3.02. The summed E-state index contributed by atoms with van der Waals surface area (Å²) in [7, 11) is 0. The molecule has 0 spiro atoms. The summed E-state index contributed by atoms with van der Waals surface area (Å²) in [6.45, 7) is 0. The molecule has 3 aromatic carbocycles. The summed E-state index contributed by atoms with van der Waals surface area (Å²) < 4.78 is 0. The number of aromatic amines is 1. The van der Waals surface area contributed by atoms with Gasteiger partial charge in [-0.1, -0.05) is 60.7 Å². The molecule has 0 aliphatic heterocycles. The number of aromatic nitrogens is 2. The van der Waals surface area contributed by atoms with Gasteiger partial charge in [-0.2, -0.15) is 5.10 Å². The van der Waals surface area contributed by atoms with Crippen LogP contribution in [0.5, 0.6) is 0 Å². The number of carbonyl (C=O) groups is 1. The lowest BCUT2D eigenvalue weighted by Crippen LogP contribution is -2.22. The Morgan fingerprint density at radius 2 is 1.52 bits per heavy atom. The Hall–Kier alpha value is -3.40. The number of hydrogen-bond donors (Lipinski definition) is 2. The van der Waals surface area contributed by atoms with Gasteiger partial charge in [0.05, 0.1) is 17.6 Å². The van der Waals surface area contributed by atoms with Crippen molar-refractivity contribution in [2.45, 2.75) is 5.92 Å². The lowest BCUT2D eigenvalue weighted by Gasteiger charge is -2.18. The molecule has 0 saturated carbocycles. The van der Waals surface area contributed by atoms with Gasteiger partial charge in [0.1, 0.15) is 0 Å². The quantitative estimate of drug-likeness (QED) is 0.586. The highest BCUT2D eigenvalue weighted by Crippen LogP contribution is 2.27. The zero-order chi connectivity index (χ0) is 17.1. The molecule has 0 aliphatic rings. The predicted molar refractivity (Wildman–Crippen MR) is 99.5 cm³/mol. The average molecular weight is 327 g/mol. The summed E-state index contributed by atoms with van der Waals surface area (Å²) in [4.78, 5) is 13.1. The standard InChI is InChI=1S/C21H17N3O/c25-21(23-18-12-11-17-14-22-24-19(17)13-18)20(15-7-3-1-4-8-15)16-9-5-2-6-10-16/h1-14,20H,(H,22,24)(H,23,25). The van der Waals surface area contributed by atoms with Gasteiger partial charge in [-0.15, -0.1) is 0 Å². The molecule has 0 atom stereocenters. The Kier molecular flexibility index (Phi) is 4.01. The molecular weight excluding hydrogens is 310 g/mol. The number of amides is 1. The molecule has 0 radical (unpaired) electrons. The maximum Gasteiger partial charge on any atom is 0.236 e. The highest BCUT2D eigenvalue weighted by Gasteiger charge is 2.22. The summed E-state index contributed by atoms with van der Waals surface area (Å²) in [5.41, 5.74) is 3.58. The maximum atomic E-state index is 13.1. The van der Waals surface area contributed by atoms with Crippen LogP contribution >= 0.6 is 0 Å². The van der Waals surface area contributed by atoms with Gasteiger partial charge in [-0.3, -0.25) is 9.89 Å². The van der Waals surface area contributed by atoms with E-state index in [2.05, 4.69) is 15.5 Å². The van der Waals surface area contributed by atoms with E-state index in [0.717, 1.165) is 27.7 Å². The van der Waals surface area contributed by atoms with E-state index in [0.29, 0.717) is 0 Å². The SMILES string of the molecule is O=C(Nc1ccc2cn[nH]c2c1)C(c1ccccc1)c1ccccc1. The minimum atomic E-state index is -0.361. The topological polar surface area (TPSA) is 57.8 Å². The van der Waals surface area contributed by atoms with E-state index in [1.165, 1.54) is 0 Å². The number of benzene rings is 3. The molecule has 1 heterocycles. The van der Waals surface area contributed by atoms with Crippen LogP contribution in [0.2, 0.25) is 0 Å². The normalized spacial score (nSPS) is 10.9. The molecule has 25 heavy (non-hydrogen) atoms. The second kappa shape index (κ2) is 6.61. The largest absolute Gasteiger partial charge is 0.325 e. The van der Waals surface area contributed by atoms with Crippen molar-refractivity contribution < 1.29 is 4.79 Å². The Labute approximate surface area is 145 Å². The average Bonchev–Trinajstić information content (AvgIpc) is 3.11. The van der Waals surface area contributed by atoms with Crippen LogP contribution in [-0.4, -0.2) is 16.1 Å². The molecular formula is C21H17N3O. The summed E-state index contributed by atoms with van der Waals surface area (Å²) in [6.07, 6.45) is 1.76. The van der Waals surface area contributed by atoms with Crippen molar-refractivity contribution in [3.05, 3.63) is 96.2 Å². The summed E-state index contributed by atoms with van der Waals surface area (Å²) in [5.74, 6) is -0.420. The van der Waals surface area contributed by atoms with Gasteiger partial charge in [0.15, 0.2) is 0 Å². The van der Waals surface area contributed by atoms with Crippen LogP contribution in [0.15, 0.2) is 85.1 Å². The van der Waals surface area contributed by atoms with Crippen LogP contribution in [-0.2, 0) is 4.79 Å². The van der Waals surface area contributed by atoms with E-state index in [1.807, 2.05) is 78.9 Å². The molecule has 4 nitrogen and oxygen atoms in total. The number of carbonyl (C=O) groups excluding carboxylic acids is 1. The van der Waals surface area contributed by atoms with Crippen LogP contribution < -0.4 is 5.32 Å². The number of rotatable bonds is 4. The third-order valence-electron chi connectivity index (χ3n) is 4.24. The first-order valence-corrected chi connectivity index (χ1v) is 8.15. The third kappa shape index (κ3) is 3.15. The molecule has 122 valence electrons. The van der Waals surface area contributed by atoms with E-state index in [4.69, 9.17) is 0 Å². The van der Waals surface area contributed by atoms with Crippen molar-refractivity contribution in [1.29, 1.82) is 0 Å². The molecule has 2 N–H and O–H groups in total. The number of hydrogen-bond acceptors (Lipinski definition) is 2. The third-order valence-corrected chi connectivity index (χ3v) is 4.24. The van der Waals surface area contributed by atoms with Gasteiger partial charge in [0, 0.05) is 11.1 Å². The molecule has 1 aromatic heterocycles. The molecule has 0 saturated heterocycles. The molecule has 1 amide bonds. The van der Waals surface area contributed by atoms with Crippen LogP contribution in [0.25, 0.3) is 10.9 Å². The minimum absolute atomic E-state index is 0.0590. The van der Waals surface area contributed by atoms with Crippen molar-refractivity contribution in [3.8, 4) is 0 Å². The maximum absolute atomic E-state index is 13.1. The van der Waals surface area contributed by atoms with E-state index in [-0.39, 0.29) is 11.8 Å². The van der Waals surface area contributed by atoms with E-state index in [1.54, 1.807) is 6.20 Å². The number of anilines is 1. The zero-order valence-corrected chi connectivity index (χ0v) is 13.5. The highest BCUT2D eigenvalue weighted by molar-refractivity contribution is 5.99. The van der Waals surface area contributed by atoms with Crippen LogP contribution in [0.3, 0.4) is 0 Å². The molecule has 4 heteroatoms. The number of H-pyrrole nitrogens is 1. The van der Waals surface area contributed by atoms with Crippen LogP contribution in [0, 0.1) is 0 Å². The summed E-state index contributed by atoms with van der Waals surface area (Å²) in [5, 5.41) is 11.0. The zero-order valence-electron chi connectivity index (χ0n) is 13.5. The van der Waals surface area contributed by atoms with Crippen LogP contribution in [0.1, 0.15) is 17.0 Å². The predicted octanol–water partition coefficient (Wildman–Crippen LogP) is 4.33. The lowest BCUT2D eigenvalue weighted by molar-refractivity contribution is -0.116.